The molecule has 1 fully saturated rings. The first-order valence-electron chi connectivity index (χ1n) is 10.6. The quantitative estimate of drug-likeness (QED) is 0.230. The lowest BCUT2D eigenvalue weighted by Crippen LogP contribution is -2.60. The van der Waals surface area contributed by atoms with Crippen molar-refractivity contribution in [2.75, 3.05) is 20.8 Å². The monoisotopic (exact) mass is 508 g/mol. The van der Waals surface area contributed by atoms with Gasteiger partial charge in [0.25, 0.3) is 0 Å². The summed E-state index contributed by atoms with van der Waals surface area (Å²) in [6, 6.07) is 4.47. The third kappa shape index (κ3) is 4.23. The van der Waals surface area contributed by atoms with Gasteiger partial charge in [-0.2, -0.15) is 0 Å². The van der Waals surface area contributed by atoms with Crippen LogP contribution in [0, 0.1) is 0 Å². The molecule has 13 heteroatoms. The van der Waals surface area contributed by atoms with E-state index < -0.39 is 65.7 Å². The van der Waals surface area contributed by atoms with Gasteiger partial charge in [-0.1, -0.05) is 0 Å². The molecule has 5 atom stereocenters. The summed E-state index contributed by atoms with van der Waals surface area (Å²) in [5, 5.41) is 70.2. The van der Waals surface area contributed by atoms with Crippen molar-refractivity contribution in [1.29, 1.82) is 0 Å². The molecule has 2 aromatic carbocycles. The van der Waals surface area contributed by atoms with Crippen LogP contribution in [0.15, 0.2) is 33.5 Å². The summed E-state index contributed by atoms with van der Waals surface area (Å²) in [7, 11) is 2.60. The van der Waals surface area contributed by atoms with Gasteiger partial charge in [-0.3, -0.25) is 4.79 Å². The molecule has 0 spiro atoms. The van der Waals surface area contributed by atoms with Gasteiger partial charge < -0.3 is 59.1 Å². The van der Waals surface area contributed by atoms with E-state index in [9.17, 15) is 40.5 Å². The molecule has 13 nitrogen and oxygen atoms in total. The van der Waals surface area contributed by atoms with Gasteiger partial charge in [0.05, 0.1) is 20.8 Å². The summed E-state index contributed by atoms with van der Waals surface area (Å²) in [5.74, 6) is -2.38. The molecular formula is C23H24O13. The van der Waals surface area contributed by atoms with Gasteiger partial charge in [-0.05, 0) is 12.1 Å². The molecule has 7 N–H and O–H groups in total. The second-order valence-corrected chi connectivity index (χ2v) is 7.97. The molecule has 1 aromatic heterocycles. The van der Waals surface area contributed by atoms with Crippen molar-refractivity contribution in [3.05, 3.63) is 34.5 Å². The summed E-state index contributed by atoms with van der Waals surface area (Å²) >= 11 is 0. The molecule has 0 amide bonds. The highest BCUT2D eigenvalue weighted by molar-refractivity contribution is 5.88. The van der Waals surface area contributed by atoms with Crippen LogP contribution in [0.3, 0.4) is 0 Å². The first-order valence-corrected chi connectivity index (χ1v) is 10.6. The van der Waals surface area contributed by atoms with Crippen molar-refractivity contribution >= 4 is 11.0 Å². The molecule has 0 saturated carbocycles. The average molecular weight is 508 g/mol. The molecule has 3 aromatic rings. The van der Waals surface area contributed by atoms with Gasteiger partial charge in [-0.25, -0.2) is 0 Å². The third-order valence-electron chi connectivity index (χ3n) is 5.72. The number of methoxy groups -OCH3 is 2. The van der Waals surface area contributed by atoms with Crippen LogP contribution in [0.2, 0.25) is 0 Å². The molecule has 2 heterocycles. The molecule has 0 aliphatic carbocycles. The topological polar surface area (TPSA) is 209 Å². The van der Waals surface area contributed by atoms with E-state index in [0.29, 0.717) is 0 Å². The number of fused-ring (bicyclic) bond motifs is 1. The first-order chi connectivity index (χ1) is 17.1. The zero-order valence-electron chi connectivity index (χ0n) is 19.0. The molecule has 1 saturated heterocycles. The maximum atomic E-state index is 13.5. The molecule has 5 unspecified atom stereocenters. The number of ether oxygens (including phenoxy) is 4. The number of hydrogen-bond donors (Lipinski definition) is 7. The van der Waals surface area contributed by atoms with E-state index in [-0.39, 0.29) is 33.8 Å². The number of aromatic hydroxyl groups is 3. The van der Waals surface area contributed by atoms with Crippen LogP contribution in [-0.2, 0) is 4.74 Å². The molecule has 1 aliphatic heterocycles. The van der Waals surface area contributed by atoms with Crippen LogP contribution in [-0.4, -0.2) is 87.3 Å². The highest BCUT2D eigenvalue weighted by Crippen LogP contribution is 2.44. The summed E-state index contributed by atoms with van der Waals surface area (Å²) in [4.78, 5) is 13.5. The Hall–Kier alpha value is -3.75. The molecule has 0 bridgehead atoms. The van der Waals surface area contributed by atoms with Gasteiger partial charge in [-0.15, -0.1) is 0 Å². The van der Waals surface area contributed by atoms with Gasteiger partial charge >= 0.3 is 0 Å². The molecule has 194 valence electrons. The van der Waals surface area contributed by atoms with E-state index in [2.05, 4.69) is 0 Å². The Kier molecular flexibility index (Phi) is 6.84. The fourth-order valence-electron chi connectivity index (χ4n) is 3.92. The Morgan fingerprint density at radius 3 is 2.25 bits per heavy atom. The first kappa shape index (κ1) is 25.3. The van der Waals surface area contributed by atoms with E-state index in [1.807, 2.05) is 0 Å². The summed E-state index contributed by atoms with van der Waals surface area (Å²) in [6.07, 6.45) is -8.44. The normalized spacial score (nSPS) is 24.0. The second-order valence-electron chi connectivity index (χ2n) is 7.97. The van der Waals surface area contributed by atoms with Crippen LogP contribution >= 0.6 is 0 Å². The lowest BCUT2D eigenvalue weighted by Gasteiger charge is -2.39. The number of hydrogen-bond acceptors (Lipinski definition) is 13. The van der Waals surface area contributed by atoms with Crippen molar-refractivity contribution in [2.45, 2.75) is 30.7 Å². The average Bonchev–Trinajstić information content (AvgIpc) is 2.84. The number of aliphatic hydroxyl groups excluding tert-OH is 4. The third-order valence-corrected chi connectivity index (χ3v) is 5.72. The zero-order chi connectivity index (χ0) is 26.3. The van der Waals surface area contributed by atoms with Crippen molar-refractivity contribution < 1.29 is 59.1 Å². The van der Waals surface area contributed by atoms with Crippen molar-refractivity contribution in [3.8, 4) is 45.8 Å². The predicted octanol–water partition coefficient (Wildman–Crippen LogP) is -0.227. The van der Waals surface area contributed by atoms with Crippen LogP contribution in [0.1, 0.15) is 0 Å². The molecule has 4 rings (SSSR count). The smallest absolute Gasteiger partial charge is 0.239 e. The van der Waals surface area contributed by atoms with E-state index in [1.54, 1.807) is 0 Å². The Labute approximate surface area is 202 Å². The van der Waals surface area contributed by atoms with Crippen LogP contribution < -0.4 is 19.6 Å². The summed E-state index contributed by atoms with van der Waals surface area (Å²) in [6.45, 7) is -0.742. The van der Waals surface area contributed by atoms with Crippen LogP contribution in [0.5, 0.6) is 34.5 Å². The minimum atomic E-state index is -1.86. The number of benzene rings is 2. The Bertz CT molecular complexity index is 1330. The molecule has 1 aliphatic rings. The van der Waals surface area contributed by atoms with Crippen molar-refractivity contribution in [1.82, 2.24) is 0 Å². The molecule has 0 radical (unpaired) electrons. The van der Waals surface area contributed by atoms with Crippen LogP contribution in [0.25, 0.3) is 22.3 Å². The van der Waals surface area contributed by atoms with Gasteiger partial charge in [0.1, 0.15) is 46.9 Å². The SMILES string of the molecule is COc1cc(-c2oc3cc(O)cc(O)c3c(=O)c2OC2OC(CO)C(O)C(O)C2O)cc(O)c1OC. The number of rotatable bonds is 6. The second kappa shape index (κ2) is 9.72. The Morgan fingerprint density at radius 2 is 1.61 bits per heavy atom. The number of aliphatic hydroxyl groups is 4. The summed E-state index contributed by atoms with van der Waals surface area (Å²) in [5.41, 5.74) is -1.19. The van der Waals surface area contributed by atoms with Crippen molar-refractivity contribution in [3.63, 3.8) is 0 Å². The van der Waals surface area contributed by atoms with Gasteiger partial charge in [0, 0.05) is 17.7 Å². The lowest BCUT2D eigenvalue weighted by atomic mass is 9.99. The summed E-state index contributed by atoms with van der Waals surface area (Å²) < 4.78 is 27.0. The standard InChI is InChI=1S/C23H24O13/c1-32-13-4-8(3-11(27)21(13)33-2)20-22(17(29)15-10(26)5-9(25)6-12(15)34-20)36-23-19(31)18(30)16(28)14(7-24)35-23/h3-6,14,16,18-19,23-28,30-31H,7H2,1-2H3. The van der Waals surface area contributed by atoms with Crippen LogP contribution in [0.4, 0.5) is 0 Å². The van der Waals surface area contributed by atoms with E-state index in [1.165, 1.54) is 20.3 Å². The Balaban J connectivity index is 1.95. The molecule has 36 heavy (non-hydrogen) atoms. The zero-order valence-corrected chi connectivity index (χ0v) is 19.0. The van der Waals surface area contributed by atoms with Gasteiger partial charge in [0.15, 0.2) is 17.3 Å². The highest BCUT2D eigenvalue weighted by atomic mass is 16.7. The lowest BCUT2D eigenvalue weighted by molar-refractivity contribution is -0.277. The highest BCUT2D eigenvalue weighted by Gasteiger charge is 2.45. The number of phenols is 3. The van der Waals surface area contributed by atoms with Gasteiger partial charge in [0.2, 0.25) is 23.2 Å². The minimum Gasteiger partial charge on any atom is -0.508 e. The largest absolute Gasteiger partial charge is 0.508 e. The van der Waals surface area contributed by atoms with E-state index in [0.717, 1.165) is 18.2 Å². The van der Waals surface area contributed by atoms with E-state index in [4.69, 9.17) is 23.4 Å². The maximum absolute atomic E-state index is 13.5. The maximum Gasteiger partial charge on any atom is 0.239 e. The molecular weight excluding hydrogens is 484 g/mol. The number of phenolic OH excluding ortho intramolecular Hbond substituents is 3. The van der Waals surface area contributed by atoms with Crippen molar-refractivity contribution in [2.24, 2.45) is 0 Å². The fraction of sp³-hybridized carbons (Fsp3) is 0.348. The fourth-order valence-corrected chi connectivity index (χ4v) is 3.92. The van der Waals surface area contributed by atoms with E-state index >= 15 is 0 Å². The predicted molar refractivity (Wildman–Crippen MR) is 120 cm³/mol. The minimum absolute atomic E-state index is 0.0175. The Morgan fingerprint density at radius 1 is 0.889 bits per heavy atom.